The van der Waals surface area contributed by atoms with Gasteiger partial charge in [-0.05, 0) is 11.1 Å². The van der Waals surface area contributed by atoms with Gasteiger partial charge in [0, 0.05) is 6.54 Å². The first kappa shape index (κ1) is 14.5. The van der Waals surface area contributed by atoms with Crippen LogP contribution in [0.3, 0.4) is 0 Å². The van der Waals surface area contributed by atoms with Crippen LogP contribution in [0, 0.1) is 0 Å². The van der Waals surface area contributed by atoms with E-state index in [0.29, 0.717) is 13.1 Å². The van der Waals surface area contributed by atoms with Crippen molar-refractivity contribution in [2.75, 3.05) is 11.5 Å². The molecule has 0 amide bonds. The number of hydrogen-bond donors (Lipinski definition) is 2. The number of sulfone groups is 1. The van der Waals surface area contributed by atoms with Crippen molar-refractivity contribution < 1.29 is 8.42 Å². The van der Waals surface area contributed by atoms with Gasteiger partial charge in [-0.3, -0.25) is 0 Å². The molecule has 0 saturated heterocycles. The highest BCUT2D eigenvalue weighted by atomic mass is 32.2. The summed E-state index contributed by atoms with van der Waals surface area (Å²) >= 11 is 0. The Morgan fingerprint density at radius 1 is 1.20 bits per heavy atom. The Kier molecular flexibility index (Phi) is 4.05. The molecule has 1 aromatic heterocycles. The number of nitrogens with zero attached hydrogens (tertiary/aromatic N) is 3. The molecule has 0 bridgehead atoms. The summed E-state index contributed by atoms with van der Waals surface area (Å²) in [4.78, 5) is 0. The van der Waals surface area contributed by atoms with Gasteiger partial charge < -0.3 is 11.5 Å². The van der Waals surface area contributed by atoms with Gasteiger partial charge in [-0.25, -0.2) is 13.1 Å². The smallest absolute Gasteiger partial charge is 0.220 e. The molecule has 0 spiro atoms. The van der Waals surface area contributed by atoms with Crippen LogP contribution in [0.5, 0.6) is 0 Å². The number of hydrogen-bond acceptors (Lipinski definition) is 6. The third-order valence-electron chi connectivity index (χ3n) is 3.01. The van der Waals surface area contributed by atoms with Crippen LogP contribution in [0.25, 0.3) is 0 Å². The van der Waals surface area contributed by atoms with Gasteiger partial charge in [0.2, 0.25) is 14.9 Å². The van der Waals surface area contributed by atoms with Gasteiger partial charge >= 0.3 is 0 Å². The minimum atomic E-state index is -3.45. The number of benzene rings is 1. The van der Waals surface area contributed by atoms with Gasteiger partial charge in [0.25, 0.3) is 0 Å². The van der Waals surface area contributed by atoms with Gasteiger partial charge in [0.1, 0.15) is 0 Å². The van der Waals surface area contributed by atoms with Gasteiger partial charge in [-0.2, -0.15) is 0 Å². The van der Waals surface area contributed by atoms with Crippen LogP contribution in [0.2, 0.25) is 0 Å². The van der Waals surface area contributed by atoms with E-state index in [1.54, 1.807) is 6.92 Å². The van der Waals surface area contributed by atoms with Crippen molar-refractivity contribution in [1.82, 2.24) is 15.0 Å². The maximum absolute atomic E-state index is 11.8. The number of aromatic nitrogens is 3. The zero-order valence-electron chi connectivity index (χ0n) is 11.2. The molecule has 1 heterocycles. The standard InChI is InChI=1S/C12H17N5O2S/c1-2-20(18,19)12-11(14)17(16-15-12)8-10-5-3-9(7-13)4-6-10/h3-6H,2,7-8,13-14H2,1H3. The summed E-state index contributed by atoms with van der Waals surface area (Å²) in [6.45, 7) is 2.38. The molecule has 0 unspecified atom stereocenters. The molecule has 0 aliphatic heterocycles. The van der Waals surface area contributed by atoms with Gasteiger partial charge in [-0.15, -0.1) is 5.10 Å². The Morgan fingerprint density at radius 3 is 2.35 bits per heavy atom. The van der Waals surface area contributed by atoms with Crippen molar-refractivity contribution in [3.05, 3.63) is 35.4 Å². The van der Waals surface area contributed by atoms with Crippen molar-refractivity contribution in [3.8, 4) is 0 Å². The van der Waals surface area contributed by atoms with Crippen LogP contribution in [0.4, 0.5) is 5.82 Å². The monoisotopic (exact) mass is 295 g/mol. The zero-order valence-corrected chi connectivity index (χ0v) is 12.0. The van der Waals surface area contributed by atoms with Crippen molar-refractivity contribution in [3.63, 3.8) is 0 Å². The van der Waals surface area contributed by atoms with E-state index in [1.165, 1.54) is 4.68 Å². The number of nitrogens with two attached hydrogens (primary N) is 2. The van der Waals surface area contributed by atoms with Gasteiger partial charge in [0.15, 0.2) is 5.82 Å². The fourth-order valence-corrected chi connectivity index (χ4v) is 2.59. The molecule has 7 nitrogen and oxygen atoms in total. The summed E-state index contributed by atoms with van der Waals surface area (Å²) in [5.41, 5.74) is 13.3. The molecular formula is C12H17N5O2S. The summed E-state index contributed by atoms with van der Waals surface area (Å²) < 4.78 is 24.9. The Morgan fingerprint density at radius 2 is 1.80 bits per heavy atom. The Hall–Kier alpha value is -1.93. The topological polar surface area (TPSA) is 117 Å². The molecule has 108 valence electrons. The normalized spacial score (nSPS) is 11.7. The van der Waals surface area contributed by atoms with E-state index in [0.717, 1.165) is 11.1 Å². The van der Waals surface area contributed by atoms with Crippen molar-refractivity contribution in [2.45, 2.75) is 25.0 Å². The lowest BCUT2D eigenvalue weighted by molar-refractivity contribution is 0.593. The SMILES string of the molecule is CCS(=O)(=O)c1nnn(Cc2ccc(CN)cc2)c1N. The highest BCUT2D eigenvalue weighted by Gasteiger charge is 2.22. The summed E-state index contributed by atoms with van der Waals surface area (Å²) in [7, 11) is -3.45. The lowest BCUT2D eigenvalue weighted by atomic mass is 10.1. The molecule has 2 aromatic rings. The average molecular weight is 295 g/mol. The third-order valence-corrected chi connectivity index (χ3v) is 4.65. The molecule has 0 radical (unpaired) electrons. The van der Waals surface area contributed by atoms with Crippen LogP contribution >= 0.6 is 0 Å². The summed E-state index contributed by atoms with van der Waals surface area (Å²) in [6.07, 6.45) is 0. The second kappa shape index (κ2) is 5.59. The Balaban J connectivity index is 2.26. The minimum Gasteiger partial charge on any atom is -0.381 e. The van der Waals surface area contributed by atoms with E-state index in [-0.39, 0.29) is 16.6 Å². The van der Waals surface area contributed by atoms with Gasteiger partial charge in [-0.1, -0.05) is 36.4 Å². The van der Waals surface area contributed by atoms with Crippen LogP contribution in [-0.2, 0) is 22.9 Å². The summed E-state index contributed by atoms with van der Waals surface area (Å²) in [6, 6.07) is 7.62. The number of rotatable bonds is 5. The number of nitrogen functional groups attached to an aromatic ring is 1. The maximum Gasteiger partial charge on any atom is 0.220 e. The molecule has 4 N–H and O–H groups in total. The Bertz CT molecular complexity index is 691. The quantitative estimate of drug-likeness (QED) is 0.811. The molecule has 0 fully saturated rings. The van der Waals surface area contributed by atoms with Crippen LogP contribution < -0.4 is 11.5 Å². The first-order valence-electron chi connectivity index (χ1n) is 6.17. The molecule has 0 aliphatic carbocycles. The van der Waals surface area contributed by atoms with Crippen LogP contribution in [0.15, 0.2) is 29.3 Å². The van der Waals surface area contributed by atoms with Crippen molar-refractivity contribution >= 4 is 15.7 Å². The molecule has 20 heavy (non-hydrogen) atoms. The van der Waals surface area contributed by atoms with E-state index < -0.39 is 9.84 Å². The maximum atomic E-state index is 11.8. The van der Waals surface area contributed by atoms with E-state index >= 15 is 0 Å². The highest BCUT2D eigenvalue weighted by molar-refractivity contribution is 7.91. The van der Waals surface area contributed by atoms with Crippen LogP contribution in [0.1, 0.15) is 18.1 Å². The predicted molar refractivity (Wildman–Crippen MR) is 75.6 cm³/mol. The number of anilines is 1. The lowest BCUT2D eigenvalue weighted by Gasteiger charge is -2.05. The summed E-state index contributed by atoms with van der Waals surface area (Å²) in [5, 5.41) is 7.32. The van der Waals surface area contributed by atoms with E-state index in [9.17, 15) is 8.42 Å². The molecular weight excluding hydrogens is 278 g/mol. The molecule has 0 aliphatic rings. The first-order chi connectivity index (χ1) is 9.47. The predicted octanol–water partition coefficient (Wildman–Crippen LogP) is 0.161. The van der Waals surface area contributed by atoms with E-state index in [1.807, 2.05) is 24.3 Å². The average Bonchev–Trinajstić information content (AvgIpc) is 2.82. The first-order valence-corrected chi connectivity index (χ1v) is 7.82. The summed E-state index contributed by atoms with van der Waals surface area (Å²) in [5.74, 6) is 0.0101. The lowest BCUT2D eigenvalue weighted by Crippen LogP contribution is -2.10. The molecule has 0 atom stereocenters. The zero-order chi connectivity index (χ0) is 14.8. The fourth-order valence-electron chi connectivity index (χ4n) is 1.73. The second-order valence-corrected chi connectivity index (χ2v) is 6.56. The van der Waals surface area contributed by atoms with Crippen molar-refractivity contribution in [1.29, 1.82) is 0 Å². The van der Waals surface area contributed by atoms with Crippen molar-refractivity contribution in [2.24, 2.45) is 5.73 Å². The van der Waals surface area contributed by atoms with E-state index in [4.69, 9.17) is 11.5 Å². The van der Waals surface area contributed by atoms with E-state index in [2.05, 4.69) is 10.3 Å². The molecule has 2 rings (SSSR count). The Labute approximate surface area is 117 Å². The molecule has 0 saturated carbocycles. The van der Waals surface area contributed by atoms with Crippen LogP contribution in [-0.4, -0.2) is 29.2 Å². The minimum absolute atomic E-state index is 0.0545. The second-order valence-electron chi connectivity index (χ2n) is 4.36. The molecule has 1 aromatic carbocycles. The largest absolute Gasteiger partial charge is 0.381 e. The fraction of sp³-hybridized carbons (Fsp3) is 0.333. The highest BCUT2D eigenvalue weighted by Crippen LogP contribution is 2.17. The molecule has 8 heteroatoms. The third kappa shape index (κ3) is 2.81. The van der Waals surface area contributed by atoms with Gasteiger partial charge in [0.05, 0.1) is 12.3 Å².